The Kier molecular flexibility index (Phi) is 5.23. The van der Waals surface area contributed by atoms with Gasteiger partial charge in [0.15, 0.2) is 5.78 Å². The monoisotopic (exact) mass is 348 g/mol. The van der Waals surface area contributed by atoms with Gasteiger partial charge in [-0.3, -0.25) is 4.79 Å². The molecule has 0 aromatic heterocycles. The summed E-state index contributed by atoms with van der Waals surface area (Å²) in [7, 11) is 0. The maximum Gasteiger partial charge on any atom is 0.343 e. The Balaban J connectivity index is 2.67. The third kappa shape index (κ3) is 3.39. The van der Waals surface area contributed by atoms with Crippen LogP contribution in [0.4, 0.5) is 0 Å². The Morgan fingerprint density at radius 3 is 2.24 bits per heavy atom. The average Bonchev–Trinajstić information content (AvgIpc) is 2.47. The van der Waals surface area contributed by atoms with Crippen LogP contribution in [-0.4, -0.2) is 33.2 Å². The van der Waals surface area contributed by atoms with Gasteiger partial charge in [0, 0.05) is 17.9 Å². The summed E-state index contributed by atoms with van der Waals surface area (Å²) in [4.78, 5) is 23.7. The van der Waals surface area contributed by atoms with Gasteiger partial charge < -0.3 is 20.1 Å². The largest absolute Gasteiger partial charge is 0.507 e. The van der Waals surface area contributed by atoms with Gasteiger partial charge in [0.25, 0.3) is 0 Å². The van der Waals surface area contributed by atoms with Gasteiger partial charge in [0.1, 0.15) is 17.1 Å². The molecule has 1 aliphatic heterocycles. The number of carbonyl (C=O) groups excluding carboxylic acids is 1. The van der Waals surface area contributed by atoms with Crippen LogP contribution < -0.4 is 0 Å². The Labute approximate surface area is 146 Å². The number of ether oxygens (including phenoxy) is 1. The van der Waals surface area contributed by atoms with Gasteiger partial charge in [-0.25, -0.2) is 4.79 Å². The quantitative estimate of drug-likeness (QED) is 0.718. The number of carboxylic acid groups (broad SMARTS) is 1. The lowest BCUT2D eigenvalue weighted by Gasteiger charge is -2.37. The van der Waals surface area contributed by atoms with Gasteiger partial charge in [0.05, 0.1) is 12.2 Å². The molecule has 0 amide bonds. The van der Waals surface area contributed by atoms with Crippen molar-refractivity contribution in [1.82, 2.24) is 0 Å². The topological polar surface area (TPSA) is 104 Å². The summed E-state index contributed by atoms with van der Waals surface area (Å²) in [5.74, 6) is -2.73. The molecule has 136 valence electrons. The molecule has 1 heterocycles. The molecule has 0 spiro atoms. The van der Waals surface area contributed by atoms with E-state index in [0.717, 1.165) is 5.57 Å². The molecule has 6 nitrogen and oxygen atoms in total. The van der Waals surface area contributed by atoms with E-state index < -0.39 is 29.1 Å². The zero-order valence-corrected chi connectivity index (χ0v) is 15.1. The molecule has 2 rings (SSSR count). The normalized spacial score (nSPS) is 22.2. The summed E-state index contributed by atoms with van der Waals surface area (Å²) < 4.78 is 5.90. The molecule has 3 atom stereocenters. The van der Waals surface area contributed by atoms with E-state index in [9.17, 15) is 24.9 Å². The summed E-state index contributed by atoms with van der Waals surface area (Å²) in [6.07, 6.45) is 0.479. The van der Waals surface area contributed by atoms with Crippen LogP contribution in [0, 0.1) is 6.92 Å². The predicted molar refractivity (Wildman–Crippen MR) is 92.2 cm³/mol. The number of hydrogen-bond donors (Lipinski definition) is 3. The van der Waals surface area contributed by atoms with Crippen molar-refractivity contribution in [2.45, 2.75) is 59.2 Å². The molecule has 0 saturated carbocycles. The zero-order chi connectivity index (χ0) is 19.0. The first-order chi connectivity index (χ1) is 11.6. The van der Waals surface area contributed by atoms with Gasteiger partial charge in [-0.05, 0) is 44.9 Å². The fourth-order valence-corrected chi connectivity index (χ4v) is 3.40. The van der Waals surface area contributed by atoms with Gasteiger partial charge in [-0.1, -0.05) is 12.5 Å². The number of benzene rings is 1. The minimum atomic E-state index is -1.43. The second kappa shape index (κ2) is 6.88. The summed E-state index contributed by atoms with van der Waals surface area (Å²) in [5, 5.41) is 30.1. The highest BCUT2D eigenvalue weighted by molar-refractivity contribution is 5.96. The van der Waals surface area contributed by atoms with Gasteiger partial charge in [-0.15, -0.1) is 0 Å². The van der Waals surface area contributed by atoms with Crippen molar-refractivity contribution in [3.8, 4) is 11.5 Å². The lowest BCUT2D eigenvalue weighted by molar-refractivity contribution is -0.119. The Morgan fingerprint density at radius 1 is 1.12 bits per heavy atom. The second-order valence-electron chi connectivity index (χ2n) is 6.84. The van der Waals surface area contributed by atoms with Crippen molar-refractivity contribution in [3.63, 3.8) is 0 Å². The molecule has 0 aliphatic carbocycles. The smallest absolute Gasteiger partial charge is 0.343 e. The standard InChI is InChI=1S/C19H24O6/c1-8(2)6-12(20)7-13-15-14(9(3)11(5)25-13)10(4)17(21)16(18(15)22)19(23)24/h6,9,11,13,21-22H,7H2,1-5H3,(H,23,24)/t9-,11-,13-/m1/s1. The number of rotatable bonds is 4. The zero-order valence-electron chi connectivity index (χ0n) is 15.1. The SMILES string of the molecule is CC(C)=CC(=O)C[C@H]1O[C@H](C)[C@@H](C)c2c(C)c(O)c(C(=O)O)c(O)c21. The van der Waals surface area contributed by atoms with Crippen LogP contribution in [0.25, 0.3) is 0 Å². The molecule has 1 aromatic carbocycles. The third-order valence-corrected chi connectivity index (χ3v) is 4.69. The maximum absolute atomic E-state index is 12.2. The first-order valence-electron chi connectivity index (χ1n) is 8.21. The van der Waals surface area contributed by atoms with Crippen LogP contribution >= 0.6 is 0 Å². The number of hydrogen-bond acceptors (Lipinski definition) is 5. The molecule has 1 aromatic rings. The lowest BCUT2D eigenvalue weighted by Crippen LogP contribution is -2.29. The molecule has 1 aliphatic rings. The maximum atomic E-state index is 12.2. The highest BCUT2D eigenvalue weighted by atomic mass is 16.5. The fourth-order valence-electron chi connectivity index (χ4n) is 3.40. The molecule has 0 unspecified atom stereocenters. The van der Waals surface area contributed by atoms with Crippen LogP contribution in [0.15, 0.2) is 11.6 Å². The number of allylic oxidation sites excluding steroid dienone is 2. The van der Waals surface area contributed by atoms with Crippen LogP contribution in [0.3, 0.4) is 0 Å². The van der Waals surface area contributed by atoms with Crippen LogP contribution in [-0.2, 0) is 9.53 Å². The predicted octanol–water partition coefficient (Wildman–Crippen LogP) is 3.59. The number of phenols is 2. The van der Waals surface area contributed by atoms with Gasteiger partial charge in [0.2, 0.25) is 0 Å². The van der Waals surface area contributed by atoms with E-state index >= 15 is 0 Å². The van der Waals surface area contributed by atoms with Crippen molar-refractivity contribution in [3.05, 3.63) is 33.9 Å². The van der Waals surface area contributed by atoms with Crippen LogP contribution in [0.2, 0.25) is 0 Å². The number of carboxylic acids is 1. The second-order valence-corrected chi connectivity index (χ2v) is 6.84. The summed E-state index contributed by atoms with van der Waals surface area (Å²) in [5.41, 5.74) is 1.62. The minimum Gasteiger partial charge on any atom is -0.507 e. The molecule has 0 saturated heterocycles. The Bertz CT molecular complexity index is 758. The molecule has 6 heteroatoms. The minimum absolute atomic E-state index is 0.00786. The molecule has 0 bridgehead atoms. The number of aromatic hydroxyl groups is 2. The van der Waals surface area contributed by atoms with Gasteiger partial charge in [-0.2, -0.15) is 0 Å². The summed E-state index contributed by atoms with van der Waals surface area (Å²) in [6, 6.07) is 0. The molecule has 25 heavy (non-hydrogen) atoms. The first-order valence-corrected chi connectivity index (χ1v) is 8.21. The number of carbonyl (C=O) groups is 2. The Hall–Kier alpha value is -2.34. The highest BCUT2D eigenvalue weighted by Gasteiger charge is 2.38. The molecular weight excluding hydrogens is 324 g/mol. The fraction of sp³-hybridized carbons (Fsp3) is 0.474. The van der Waals surface area contributed by atoms with E-state index in [1.165, 1.54) is 6.08 Å². The summed E-state index contributed by atoms with van der Waals surface area (Å²) in [6.45, 7) is 8.96. The first kappa shape index (κ1) is 19.0. The molecule has 0 fully saturated rings. The number of ketones is 1. The lowest BCUT2D eigenvalue weighted by atomic mass is 9.80. The summed E-state index contributed by atoms with van der Waals surface area (Å²) >= 11 is 0. The van der Waals surface area contributed by atoms with Crippen molar-refractivity contribution < 1.29 is 29.6 Å². The molecular formula is C19H24O6. The molecule has 0 radical (unpaired) electrons. The van der Waals surface area contributed by atoms with Crippen molar-refractivity contribution in [2.75, 3.05) is 0 Å². The van der Waals surface area contributed by atoms with E-state index in [2.05, 4.69) is 0 Å². The van der Waals surface area contributed by atoms with Crippen molar-refractivity contribution >= 4 is 11.8 Å². The number of fused-ring (bicyclic) bond motifs is 1. The van der Waals surface area contributed by atoms with Crippen LogP contribution in [0.5, 0.6) is 11.5 Å². The van der Waals surface area contributed by atoms with Gasteiger partial charge >= 0.3 is 5.97 Å². The highest BCUT2D eigenvalue weighted by Crippen LogP contribution is 2.49. The van der Waals surface area contributed by atoms with E-state index in [0.29, 0.717) is 11.1 Å². The van der Waals surface area contributed by atoms with Crippen molar-refractivity contribution in [1.29, 1.82) is 0 Å². The third-order valence-electron chi connectivity index (χ3n) is 4.69. The Morgan fingerprint density at radius 2 is 1.72 bits per heavy atom. The van der Waals surface area contributed by atoms with E-state index in [4.69, 9.17) is 4.74 Å². The average molecular weight is 348 g/mol. The molecule has 3 N–H and O–H groups in total. The van der Waals surface area contributed by atoms with E-state index in [1.54, 1.807) is 20.8 Å². The van der Waals surface area contributed by atoms with E-state index in [-0.39, 0.29) is 29.8 Å². The van der Waals surface area contributed by atoms with E-state index in [1.807, 2.05) is 13.8 Å². The van der Waals surface area contributed by atoms with Crippen molar-refractivity contribution in [2.24, 2.45) is 0 Å². The van der Waals surface area contributed by atoms with Crippen LogP contribution in [0.1, 0.15) is 73.2 Å². The number of aromatic carboxylic acids is 1.